The Labute approximate surface area is 299 Å². The van der Waals surface area contributed by atoms with Gasteiger partial charge in [-0.15, -0.1) is 0 Å². The third kappa shape index (κ3) is 12.4. The molecule has 0 N–H and O–H groups in total. The number of fused-ring (bicyclic) bond motifs is 6. The average molecular weight is 726 g/mol. The van der Waals surface area contributed by atoms with Crippen molar-refractivity contribution in [1.82, 2.24) is 4.90 Å². The van der Waals surface area contributed by atoms with Crippen molar-refractivity contribution >= 4 is 33.0 Å². The van der Waals surface area contributed by atoms with Gasteiger partial charge in [0.15, 0.2) is 25.0 Å². The standard InChI is InChI=1S/C33H71NO3Si4.C6H12/c1-13-31-33(5)32(14-2)36-39(9,10)22-17-25-41(24-16-21-38(7,8)35-31,26-18-23-40(11,12)37-33)27-34(6)29(4)30-20-15-19-28(30)3;1-6-4-2-3-5-6/h28-32H,13-27H2,1-12H3;6H,2-5H2,1H3/t28?,29-,30?,31?,32?,33?,41?;/m0./s1. The molecular weight excluding hydrogens is 643 g/mol. The molecule has 2 bridgehead atoms. The Bertz CT molecular complexity index is 892. The van der Waals surface area contributed by atoms with Crippen LogP contribution in [0.25, 0.3) is 0 Å². The SMILES string of the molecule is CC1CCCC1.CCC1O[Si](C)(C)CCC[Si]2(CN(C)[C@@H](C)C3CCCC3C)CCC[Si](C)(C)OC(CC)C1(C)O[Si](C)(C)CCC2. The van der Waals surface area contributed by atoms with Gasteiger partial charge in [-0.3, -0.25) is 0 Å². The van der Waals surface area contributed by atoms with Crippen molar-refractivity contribution in [2.45, 2.75) is 218 Å². The predicted octanol–water partition coefficient (Wildman–Crippen LogP) is 12.1. The van der Waals surface area contributed by atoms with Gasteiger partial charge in [0.1, 0.15) is 5.60 Å². The first-order chi connectivity index (χ1) is 21.9. The van der Waals surface area contributed by atoms with Crippen LogP contribution in [0.15, 0.2) is 0 Å². The Morgan fingerprint density at radius 3 is 1.51 bits per heavy atom. The molecule has 278 valence electrons. The quantitative estimate of drug-likeness (QED) is 0.255. The maximum absolute atomic E-state index is 7.50. The zero-order valence-corrected chi connectivity index (χ0v) is 38.1. The molecule has 0 radical (unpaired) electrons. The molecule has 4 unspecified atom stereocenters. The lowest BCUT2D eigenvalue weighted by atomic mass is 9.89. The average Bonchev–Trinajstić information content (AvgIpc) is 3.63. The second-order valence-electron chi connectivity index (χ2n) is 19.3. The summed E-state index contributed by atoms with van der Waals surface area (Å²) in [7, 11) is -4.73. The maximum atomic E-state index is 7.50. The molecule has 2 aliphatic carbocycles. The lowest BCUT2D eigenvalue weighted by Gasteiger charge is -2.50. The first kappa shape index (κ1) is 42.1. The van der Waals surface area contributed by atoms with E-state index in [0.29, 0.717) is 6.04 Å². The van der Waals surface area contributed by atoms with Crippen LogP contribution in [0.1, 0.15) is 119 Å². The molecule has 0 aromatic carbocycles. The van der Waals surface area contributed by atoms with Crippen LogP contribution in [0.4, 0.5) is 0 Å². The van der Waals surface area contributed by atoms with E-state index >= 15 is 0 Å². The first-order valence-corrected chi connectivity index (χ1v) is 32.8. The predicted molar refractivity (Wildman–Crippen MR) is 217 cm³/mol. The Kier molecular flexibility index (Phi) is 16.1. The van der Waals surface area contributed by atoms with Crippen LogP contribution in [0, 0.1) is 17.8 Å². The molecule has 47 heavy (non-hydrogen) atoms. The van der Waals surface area contributed by atoms with E-state index in [0.717, 1.165) is 30.6 Å². The number of nitrogens with zero attached hydrogens (tertiary/aromatic N) is 1. The summed E-state index contributed by atoms with van der Waals surface area (Å²) in [6.45, 7) is 29.4. The molecule has 4 aliphatic rings. The second-order valence-corrected chi connectivity index (χ2v) is 36.8. The van der Waals surface area contributed by atoms with Crippen LogP contribution in [0.2, 0.25) is 75.5 Å². The first-order valence-electron chi connectivity index (χ1n) is 20.6. The van der Waals surface area contributed by atoms with Gasteiger partial charge in [-0.2, -0.15) is 0 Å². The van der Waals surface area contributed by atoms with Crippen molar-refractivity contribution in [1.29, 1.82) is 0 Å². The highest BCUT2D eigenvalue weighted by Gasteiger charge is 2.50. The van der Waals surface area contributed by atoms with Crippen molar-refractivity contribution in [3.8, 4) is 0 Å². The molecule has 0 aromatic rings. The molecule has 4 fully saturated rings. The fourth-order valence-corrected chi connectivity index (χ4v) is 24.0. The Morgan fingerprint density at radius 1 is 0.660 bits per heavy atom. The van der Waals surface area contributed by atoms with Crippen molar-refractivity contribution in [2.75, 3.05) is 13.2 Å². The Morgan fingerprint density at radius 2 is 1.13 bits per heavy atom. The number of hydrogen-bond donors (Lipinski definition) is 0. The molecule has 2 aliphatic heterocycles. The van der Waals surface area contributed by atoms with E-state index in [1.165, 1.54) is 107 Å². The van der Waals surface area contributed by atoms with Crippen LogP contribution in [-0.4, -0.2) is 75.0 Å². The summed E-state index contributed by atoms with van der Waals surface area (Å²) in [4.78, 5) is 2.86. The zero-order valence-electron chi connectivity index (χ0n) is 34.1. The fraction of sp³-hybridized carbons (Fsp3) is 1.00. The van der Waals surface area contributed by atoms with E-state index in [4.69, 9.17) is 13.3 Å². The molecule has 5 atom stereocenters. The monoisotopic (exact) mass is 726 g/mol. The largest absolute Gasteiger partial charge is 0.411 e. The lowest BCUT2D eigenvalue weighted by molar-refractivity contribution is -0.111. The van der Waals surface area contributed by atoms with Crippen molar-refractivity contribution in [3.05, 3.63) is 0 Å². The van der Waals surface area contributed by atoms with Gasteiger partial charge >= 0.3 is 0 Å². The van der Waals surface area contributed by atoms with E-state index in [2.05, 4.69) is 92.8 Å². The molecule has 0 amide bonds. The van der Waals surface area contributed by atoms with Gasteiger partial charge in [-0.25, -0.2) is 0 Å². The topological polar surface area (TPSA) is 30.9 Å². The minimum absolute atomic E-state index is 0.108. The summed E-state index contributed by atoms with van der Waals surface area (Å²) >= 11 is 0. The lowest BCUT2D eigenvalue weighted by Crippen LogP contribution is -2.61. The van der Waals surface area contributed by atoms with Gasteiger partial charge in [0.2, 0.25) is 0 Å². The summed E-state index contributed by atoms with van der Waals surface area (Å²) in [5, 5.41) is 0. The maximum Gasteiger partial charge on any atom is 0.187 e. The fourth-order valence-electron chi connectivity index (χ4n) is 10.4. The number of hydrogen-bond acceptors (Lipinski definition) is 4. The van der Waals surface area contributed by atoms with E-state index < -0.39 is 33.0 Å². The Balaban J connectivity index is 0.000000896. The van der Waals surface area contributed by atoms with Gasteiger partial charge < -0.3 is 18.2 Å². The third-order valence-electron chi connectivity index (χ3n) is 13.4. The van der Waals surface area contributed by atoms with Crippen molar-refractivity contribution in [3.63, 3.8) is 0 Å². The summed E-state index contributed by atoms with van der Waals surface area (Å²) in [5.74, 6) is 2.81. The molecule has 2 heterocycles. The van der Waals surface area contributed by atoms with E-state index in [1.54, 1.807) is 0 Å². The van der Waals surface area contributed by atoms with Gasteiger partial charge in [0.25, 0.3) is 0 Å². The van der Waals surface area contributed by atoms with Crippen LogP contribution in [0.5, 0.6) is 0 Å². The Hall–Kier alpha value is 0.708. The summed E-state index contributed by atoms with van der Waals surface area (Å²) < 4.78 is 22.1. The normalized spacial score (nSPS) is 37.7. The third-order valence-corrected chi connectivity index (χ3v) is 26.3. The second kappa shape index (κ2) is 18.0. The molecule has 0 aromatic heterocycles. The van der Waals surface area contributed by atoms with Crippen LogP contribution >= 0.6 is 0 Å². The highest BCUT2D eigenvalue weighted by molar-refractivity contribution is 6.81. The zero-order chi connectivity index (χ0) is 35.1. The van der Waals surface area contributed by atoms with Gasteiger partial charge in [0, 0.05) is 6.04 Å². The highest BCUT2D eigenvalue weighted by Crippen LogP contribution is 2.42. The van der Waals surface area contributed by atoms with Crippen LogP contribution in [0.3, 0.4) is 0 Å². The minimum Gasteiger partial charge on any atom is -0.411 e. The summed E-state index contributed by atoms with van der Waals surface area (Å²) in [5.41, 5.74) is -0.377. The summed E-state index contributed by atoms with van der Waals surface area (Å²) in [6.07, 6.45) is 18.0. The van der Waals surface area contributed by atoms with Crippen molar-refractivity contribution in [2.24, 2.45) is 17.8 Å². The van der Waals surface area contributed by atoms with E-state index in [1.807, 2.05) is 0 Å². The molecule has 2 saturated heterocycles. The van der Waals surface area contributed by atoms with Gasteiger partial charge in [-0.05, 0) is 121 Å². The molecule has 4 nitrogen and oxygen atoms in total. The molecular formula is C39H83NO3Si4. The number of rotatable bonds is 6. The molecule has 2 saturated carbocycles. The smallest absolute Gasteiger partial charge is 0.187 e. The highest BCUT2D eigenvalue weighted by atomic mass is 28.4. The molecule has 0 spiro atoms. The minimum atomic E-state index is -1.94. The van der Waals surface area contributed by atoms with Crippen LogP contribution < -0.4 is 0 Å². The van der Waals surface area contributed by atoms with E-state index in [-0.39, 0.29) is 17.8 Å². The van der Waals surface area contributed by atoms with Gasteiger partial charge in [-0.1, -0.05) is 104 Å². The van der Waals surface area contributed by atoms with E-state index in [9.17, 15) is 0 Å². The molecule has 8 heteroatoms. The summed E-state index contributed by atoms with van der Waals surface area (Å²) in [6, 6.07) is 9.00. The van der Waals surface area contributed by atoms with Crippen molar-refractivity contribution < 1.29 is 13.3 Å². The van der Waals surface area contributed by atoms with Gasteiger partial charge in [0.05, 0.1) is 20.3 Å². The van der Waals surface area contributed by atoms with Crippen LogP contribution in [-0.2, 0) is 13.3 Å². The molecule has 4 rings (SSSR count).